The topological polar surface area (TPSA) is 99.7 Å². The average molecular weight is 406 g/mol. The molecule has 2 aliphatic heterocycles. The third-order valence-corrected chi connectivity index (χ3v) is 5.56. The Morgan fingerprint density at radius 1 is 1.27 bits per heavy atom. The zero-order chi connectivity index (χ0) is 20.9. The number of likely N-dealkylation sites (tertiary alicyclic amines) is 1. The Balaban J connectivity index is 1.47. The molecule has 3 N–H and O–H groups in total. The van der Waals surface area contributed by atoms with Gasteiger partial charge in [-0.1, -0.05) is 36.9 Å². The van der Waals surface area contributed by atoms with E-state index in [1.165, 1.54) is 18.0 Å². The van der Waals surface area contributed by atoms with Crippen molar-refractivity contribution < 1.29 is 4.79 Å². The SMILES string of the molecule is C=CC(=O)N1CCC[C@@H](Nc2ncnc(N)c2C2C=NN(Cc3ccccc3)C2)C1. The van der Waals surface area contributed by atoms with E-state index in [1.807, 2.05) is 34.3 Å². The van der Waals surface area contributed by atoms with Gasteiger partial charge in [0.05, 0.1) is 6.54 Å². The maximum Gasteiger partial charge on any atom is 0.246 e. The first-order valence-electron chi connectivity index (χ1n) is 10.2. The fourth-order valence-corrected chi connectivity index (χ4v) is 4.07. The fraction of sp³-hybridized carbons (Fsp3) is 0.364. The molecule has 1 unspecified atom stereocenters. The van der Waals surface area contributed by atoms with Crippen LogP contribution in [0.25, 0.3) is 0 Å². The predicted molar refractivity (Wildman–Crippen MR) is 118 cm³/mol. The van der Waals surface area contributed by atoms with E-state index in [1.54, 1.807) is 0 Å². The number of amides is 1. The number of piperidine rings is 1. The van der Waals surface area contributed by atoms with Crippen molar-refractivity contribution in [1.82, 2.24) is 19.9 Å². The molecule has 1 fully saturated rings. The van der Waals surface area contributed by atoms with Gasteiger partial charge in [-0.3, -0.25) is 9.80 Å². The molecule has 0 saturated carbocycles. The van der Waals surface area contributed by atoms with Crippen LogP contribution in [0.1, 0.15) is 29.9 Å². The highest BCUT2D eigenvalue weighted by atomic mass is 16.2. The number of hydrogen-bond acceptors (Lipinski definition) is 7. The number of nitrogens with two attached hydrogens (primary N) is 1. The van der Waals surface area contributed by atoms with Crippen LogP contribution < -0.4 is 11.1 Å². The van der Waals surface area contributed by atoms with Gasteiger partial charge < -0.3 is 16.0 Å². The third-order valence-electron chi connectivity index (χ3n) is 5.56. The first-order valence-corrected chi connectivity index (χ1v) is 10.2. The van der Waals surface area contributed by atoms with Gasteiger partial charge in [-0.25, -0.2) is 9.97 Å². The van der Waals surface area contributed by atoms with Crippen molar-refractivity contribution in [1.29, 1.82) is 0 Å². The molecule has 1 saturated heterocycles. The largest absolute Gasteiger partial charge is 0.383 e. The molecule has 1 aromatic carbocycles. The van der Waals surface area contributed by atoms with Gasteiger partial charge in [-0.2, -0.15) is 5.10 Å². The molecule has 2 aliphatic rings. The Bertz CT molecular complexity index is 930. The zero-order valence-corrected chi connectivity index (χ0v) is 16.9. The summed E-state index contributed by atoms with van der Waals surface area (Å²) in [5.41, 5.74) is 8.33. The molecule has 8 nitrogen and oxygen atoms in total. The van der Waals surface area contributed by atoms with E-state index in [-0.39, 0.29) is 17.9 Å². The normalized spacial score (nSPS) is 20.9. The Hall–Kier alpha value is -3.42. The van der Waals surface area contributed by atoms with Crippen LogP contribution in [0.2, 0.25) is 0 Å². The number of benzene rings is 1. The van der Waals surface area contributed by atoms with Crippen molar-refractivity contribution in [3.05, 3.63) is 60.4 Å². The van der Waals surface area contributed by atoms with Crippen molar-refractivity contribution >= 4 is 23.8 Å². The van der Waals surface area contributed by atoms with Gasteiger partial charge in [0.25, 0.3) is 0 Å². The monoisotopic (exact) mass is 405 g/mol. The molecule has 1 amide bonds. The second-order valence-electron chi connectivity index (χ2n) is 7.70. The highest BCUT2D eigenvalue weighted by Crippen LogP contribution is 2.31. The Morgan fingerprint density at radius 2 is 2.10 bits per heavy atom. The summed E-state index contributed by atoms with van der Waals surface area (Å²) < 4.78 is 0. The van der Waals surface area contributed by atoms with Crippen LogP contribution in [0, 0.1) is 0 Å². The zero-order valence-electron chi connectivity index (χ0n) is 16.9. The van der Waals surface area contributed by atoms with E-state index >= 15 is 0 Å². The van der Waals surface area contributed by atoms with E-state index in [2.05, 4.69) is 39.1 Å². The van der Waals surface area contributed by atoms with Gasteiger partial charge in [0, 0.05) is 43.4 Å². The van der Waals surface area contributed by atoms with Crippen LogP contribution in [-0.4, -0.2) is 57.7 Å². The summed E-state index contributed by atoms with van der Waals surface area (Å²) in [6.07, 6.45) is 6.65. The number of aromatic nitrogens is 2. The molecule has 2 aromatic rings. The van der Waals surface area contributed by atoms with E-state index in [9.17, 15) is 4.79 Å². The minimum absolute atomic E-state index is 0.00640. The van der Waals surface area contributed by atoms with Crippen molar-refractivity contribution in [2.45, 2.75) is 31.3 Å². The number of anilines is 2. The molecule has 8 heteroatoms. The van der Waals surface area contributed by atoms with Gasteiger partial charge in [0.15, 0.2) is 0 Å². The molecule has 2 atom stereocenters. The molecule has 4 rings (SSSR count). The molecule has 0 radical (unpaired) electrons. The highest BCUT2D eigenvalue weighted by Gasteiger charge is 2.28. The lowest BCUT2D eigenvalue weighted by molar-refractivity contribution is -0.127. The van der Waals surface area contributed by atoms with E-state index in [0.29, 0.717) is 18.9 Å². The van der Waals surface area contributed by atoms with Crippen LogP contribution >= 0.6 is 0 Å². The van der Waals surface area contributed by atoms with Gasteiger partial charge in [0.2, 0.25) is 5.91 Å². The molecule has 0 bridgehead atoms. The second-order valence-corrected chi connectivity index (χ2v) is 7.70. The van der Waals surface area contributed by atoms with E-state index < -0.39 is 0 Å². The lowest BCUT2D eigenvalue weighted by Gasteiger charge is -2.33. The molecule has 1 aromatic heterocycles. The van der Waals surface area contributed by atoms with Crippen LogP contribution in [0.4, 0.5) is 11.6 Å². The molecular formula is C22H27N7O. The van der Waals surface area contributed by atoms with Gasteiger partial charge in [0.1, 0.15) is 18.0 Å². The molecular weight excluding hydrogens is 378 g/mol. The number of nitrogen functional groups attached to an aromatic ring is 1. The maximum absolute atomic E-state index is 12.0. The van der Waals surface area contributed by atoms with Gasteiger partial charge in [-0.15, -0.1) is 0 Å². The Kier molecular flexibility index (Phi) is 5.92. The summed E-state index contributed by atoms with van der Waals surface area (Å²) in [4.78, 5) is 22.5. The van der Waals surface area contributed by atoms with Crippen LogP contribution in [0.3, 0.4) is 0 Å². The number of rotatable bonds is 6. The van der Waals surface area contributed by atoms with E-state index in [0.717, 1.165) is 37.3 Å². The third kappa shape index (κ3) is 4.42. The first kappa shape index (κ1) is 19.9. The van der Waals surface area contributed by atoms with Crippen molar-refractivity contribution in [3.63, 3.8) is 0 Å². The number of hydrogen-bond donors (Lipinski definition) is 2. The van der Waals surface area contributed by atoms with Crippen molar-refractivity contribution in [2.24, 2.45) is 5.10 Å². The summed E-state index contributed by atoms with van der Waals surface area (Å²) >= 11 is 0. The first-order chi connectivity index (χ1) is 14.6. The quantitative estimate of drug-likeness (QED) is 0.715. The molecule has 30 heavy (non-hydrogen) atoms. The fourth-order valence-electron chi connectivity index (χ4n) is 4.07. The average Bonchev–Trinajstić information content (AvgIpc) is 3.22. The lowest BCUT2D eigenvalue weighted by Crippen LogP contribution is -2.44. The molecule has 156 valence electrons. The second kappa shape index (κ2) is 8.94. The summed E-state index contributed by atoms with van der Waals surface area (Å²) in [5.74, 6) is 1.15. The smallest absolute Gasteiger partial charge is 0.246 e. The van der Waals surface area contributed by atoms with Crippen molar-refractivity contribution in [2.75, 3.05) is 30.7 Å². The maximum atomic E-state index is 12.0. The van der Waals surface area contributed by atoms with E-state index in [4.69, 9.17) is 5.73 Å². The molecule has 0 aliphatic carbocycles. The van der Waals surface area contributed by atoms with Crippen LogP contribution in [-0.2, 0) is 11.3 Å². The standard InChI is InChI=1S/C22H27N7O/c1-2-19(30)28-10-6-9-18(14-28)27-22-20(21(23)24-15-25-22)17-11-26-29(13-17)12-16-7-4-3-5-8-16/h2-5,7-8,11,15,17-18H,1,6,9-10,12-14H2,(H3,23,24,25,27)/t17?,18-/m1/s1. The lowest BCUT2D eigenvalue weighted by atomic mass is 10.00. The van der Waals surface area contributed by atoms with Crippen LogP contribution in [0.15, 0.2) is 54.4 Å². The molecule has 3 heterocycles. The minimum Gasteiger partial charge on any atom is -0.383 e. The number of nitrogens with zero attached hydrogens (tertiary/aromatic N) is 5. The van der Waals surface area contributed by atoms with Crippen molar-refractivity contribution in [3.8, 4) is 0 Å². The Morgan fingerprint density at radius 3 is 2.90 bits per heavy atom. The van der Waals surface area contributed by atoms with Gasteiger partial charge in [-0.05, 0) is 24.5 Å². The minimum atomic E-state index is -0.0385. The number of carbonyl (C=O) groups excluding carboxylic acids is 1. The molecule has 0 spiro atoms. The van der Waals surface area contributed by atoms with Gasteiger partial charge >= 0.3 is 0 Å². The Labute approximate surface area is 176 Å². The highest BCUT2D eigenvalue weighted by molar-refractivity contribution is 5.87. The summed E-state index contributed by atoms with van der Waals surface area (Å²) in [6.45, 7) is 6.42. The number of hydrazone groups is 1. The summed E-state index contributed by atoms with van der Waals surface area (Å²) in [7, 11) is 0. The number of nitrogens with one attached hydrogen (secondary N) is 1. The predicted octanol–water partition coefficient (Wildman–Crippen LogP) is 2.23. The number of carbonyl (C=O) groups is 1. The summed E-state index contributed by atoms with van der Waals surface area (Å²) in [6, 6.07) is 10.4. The summed E-state index contributed by atoms with van der Waals surface area (Å²) in [5, 5.41) is 10.1. The van der Waals surface area contributed by atoms with Crippen LogP contribution in [0.5, 0.6) is 0 Å².